The van der Waals surface area contributed by atoms with E-state index in [4.69, 9.17) is 27.1 Å². The molecule has 37 heavy (non-hydrogen) atoms. The first-order chi connectivity index (χ1) is 17.9. The summed E-state index contributed by atoms with van der Waals surface area (Å²) in [5.41, 5.74) is 8.93. The monoisotopic (exact) mass is 516 g/mol. The van der Waals surface area contributed by atoms with Gasteiger partial charge in [0.15, 0.2) is 0 Å². The summed E-state index contributed by atoms with van der Waals surface area (Å²) in [6.07, 6.45) is 5.16. The van der Waals surface area contributed by atoms with Crippen molar-refractivity contribution in [3.8, 4) is 34.9 Å². The number of imidazole rings is 1. The van der Waals surface area contributed by atoms with Crippen LogP contribution in [-0.4, -0.2) is 55.0 Å². The van der Waals surface area contributed by atoms with Crippen LogP contribution in [0, 0.1) is 11.8 Å². The Morgan fingerprint density at radius 2 is 2.08 bits per heavy atom. The van der Waals surface area contributed by atoms with Crippen LogP contribution in [0.4, 0.5) is 5.95 Å². The zero-order valence-corrected chi connectivity index (χ0v) is 20.9. The van der Waals surface area contributed by atoms with Gasteiger partial charge in [-0.25, -0.2) is 19.7 Å². The third-order valence-corrected chi connectivity index (χ3v) is 6.68. The lowest BCUT2D eigenvalue weighted by Gasteiger charge is -2.30. The topological polar surface area (TPSA) is 119 Å². The Hall–Kier alpha value is -4.13. The van der Waals surface area contributed by atoms with E-state index in [2.05, 4.69) is 26.7 Å². The largest absolute Gasteiger partial charge is 0.478 e. The molecule has 1 aromatic carbocycles. The zero-order chi connectivity index (χ0) is 25.9. The van der Waals surface area contributed by atoms with Crippen molar-refractivity contribution >= 4 is 29.0 Å². The van der Waals surface area contributed by atoms with Crippen LogP contribution in [0.3, 0.4) is 0 Å². The van der Waals surface area contributed by atoms with E-state index in [1.54, 1.807) is 24.4 Å². The summed E-state index contributed by atoms with van der Waals surface area (Å²) in [5.74, 6) is 6.79. The number of piperidine rings is 1. The van der Waals surface area contributed by atoms with Gasteiger partial charge < -0.3 is 15.6 Å². The Labute approximate surface area is 218 Å². The lowest BCUT2D eigenvalue weighted by Crippen LogP contribution is -2.34. The molecule has 3 aromatic heterocycles. The van der Waals surface area contributed by atoms with Gasteiger partial charge in [0.2, 0.25) is 11.8 Å². The number of likely N-dealkylation sites (tertiary alicyclic amines) is 1. The molecule has 1 saturated heterocycles. The van der Waals surface area contributed by atoms with Crippen LogP contribution in [0.25, 0.3) is 16.9 Å². The van der Waals surface area contributed by atoms with E-state index in [1.807, 2.05) is 17.4 Å². The Bertz CT molecular complexity index is 1540. The number of nitrogen functional groups attached to an aromatic ring is 1. The van der Waals surface area contributed by atoms with Crippen LogP contribution in [0.2, 0.25) is 5.02 Å². The van der Waals surface area contributed by atoms with Gasteiger partial charge in [-0.1, -0.05) is 17.5 Å². The maximum Gasteiger partial charge on any atom is 0.335 e. The van der Waals surface area contributed by atoms with Gasteiger partial charge in [-0.2, -0.15) is 0 Å². The van der Waals surface area contributed by atoms with Crippen LogP contribution in [-0.2, 0) is 0 Å². The number of halogens is 1. The minimum absolute atomic E-state index is 0.0788. The predicted octanol–water partition coefficient (Wildman–Crippen LogP) is 4.72. The number of rotatable bonds is 6. The number of fused-ring (bicyclic) bond motifs is 1. The summed E-state index contributed by atoms with van der Waals surface area (Å²) < 4.78 is 7.59. The second-order valence-electron chi connectivity index (χ2n) is 8.78. The van der Waals surface area contributed by atoms with Gasteiger partial charge in [-0.15, -0.1) is 5.92 Å². The molecule has 1 atom stereocenters. The smallest absolute Gasteiger partial charge is 0.335 e. The number of ether oxygens (including phenoxy) is 1. The minimum atomic E-state index is -1.06. The molecule has 1 unspecified atom stereocenters. The van der Waals surface area contributed by atoms with E-state index < -0.39 is 5.97 Å². The van der Waals surface area contributed by atoms with Crippen molar-refractivity contribution in [2.75, 3.05) is 25.4 Å². The van der Waals surface area contributed by atoms with Gasteiger partial charge in [-0.3, -0.25) is 9.30 Å². The Morgan fingerprint density at radius 3 is 2.86 bits per heavy atom. The van der Waals surface area contributed by atoms with Gasteiger partial charge in [0, 0.05) is 42.6 Å². The average Bonchev–Trinajstić information content (AvgIpc) is 3.28. The molecule has 0 bridgehead atoms. The number of pyridine rings is 1. The van der Waals surface area contributed by atoms with Gasteiger partial charge in [0.25, 0.3) is 0 Å². The summed E-state index contributed by atoms with van der Waals surface area (Å²) in [4.78, 5) is 27.0. The maximum atomic E-state index is 11.2. The average molecular weight is 517 g/mol. The quantitative estimate of drug-likeness (QED) is 0.353. The van der Waals surface area contributed by atoms with E-state index in [9.17, 15) is 9.90 Å². The Balaban J connectivity index is 1.49. The van der Waals surface area contributed by atoms with Crippen LogP contribution in [0.15, 0.2) is 48.8 Å². The molecule has 0 spiro atoms. The second kappa shape index (κ2) is 10.5. The number of aromatic nitrogens is 4. The molecule has 1 aliphatic rings. The first-order valence-corrected chi connectivity index (χ1v) is 12.2. The molecule has 9 nitrogen and oxygen atoms in total. The lowest BCUT2D eigenvalue weighted by atomic mass is 9.94. The maximum absolute atomic E-state index is 11.2. The molecule has 0 radical (unpaired) electrons. The van der Waals surface area contributed by atoms with Gasteiger partial charge in [0.05, 0.1) is 28.3 Å². The second-order valence-corrected chi connectivity index (χ2v) is 9.18. The van der Waals surface area contributed by atoms with E-state index in [1.165, 1.54) is 18.3 Å². The highest BCUT2D eigenvalue weighted by molar-refractivity contribution is 6.33. The molecule has 4 heterocycles. The van der Waals surface area contributed by atoms with Crippen molar-refractivity contribution in [2.45, 2.75) is 25.7 Å². The van der Waals surface area contributed by atoms with Crippen molar-refractivity contribution in [2.24, 2.45) is 0 Å². The summed E-state index contributed by atoms with van der Waals surface area (Å²) in [6, 6.07) is 9.85. The number of aromatic carboxylic acids is 1. The highest BCUT2D eigenvalue weighted by atomic mass is 35.5. The molecule has 1 aliphatic heterocycles. The fourth-order valence-corrected chi connectivity index (χ4v) is 4.89. The number of nitrogens with two attached hydrogens (primary N) is 1. The zero-order valence-electron chi connectivity index (χ0n) is 20.2. The number of hydrogen-bond acceptors (Lipinski definition) is 7. The summed E-state index contributed by atoms with van der Waals surface area (Å²) in [5, 5.41) is 9.60. The highest BCUT2D eigenvalue weighted by Crippen LogP contribution is 2.37. The molecule has 4 aromatic rings. The van der Waals surface area contributed by atoms with Crippen molar-refractivity contribution in [3.05, 3.63) is 65.1 Å². The van der Waals surface area contributed by atoms with E-state index in [-0.39, 0.29) is 17.4 Å². The van der Waals surface area contributed by atoms with Crippen molar-refractivity contribution in [1.82, 2.24) is 24.3 Å². The molecular formula is C27H25ClN6O3. The minimum Gasteiger partial charge on any atom is -0.478 e. The summed E-state index contributed by atoms with van der Waals surface area (Å²) >= 11 is 6.71. The van der Waals surface area contributed by atoms with Crippen molar-refractivity contribution < 1.29 is 14.6 Å². The summed E-state index contributed by atoms with van der Waals surface area (Å²) in [6.45, 7) is 4.49. The van der Waals surface area contributed by atoms with Crippen LogP contribution < -0.4 is 10.5 Å². The molecule has 0 amide bonds. The number of carboxylic acid groups (broad SMARTS) is 1. The molecule has 10 heteroatoms. The molecule has 188 valence electrons. The molecule has 1 fully saturated rings. The van der Waals surface area contributed by atoms with Crippen LogP contribution in [0.1, 0.15) is 41.7 Å². The third kappa shape index (κ3) is 5.07. The Kier molecular flexibility index (Phi) is 6.95. The normalized spacial score (nSPS) is 15.8. The third-order valence-electron chi connectivity index (χ3n) is 6.37. The van der Waals surface area contributed by atoms with Gasteiger partial charge in [-0.05, 0) is 50.6 Å². The Morgan fingerprint density at radius 1 is 1.24 bits per heavy atom. The number of carbonyl (C=O) groups is 1. The molecule has 3 N–H and O–H groups in total. The van der Waals surface area contributed by atoms with E-state index in [0.717, 1.165) is 43.7 Å². The van der Waals surface area contributed by atoms with E-state index >= 15 is 0 Å². The fourth-order valence-electron chi connectivity index (χ4n) is 4.64. The first kappa shape index (κ1) is 24.6. The number of anilines is 1. The number of benzene rings is 1. The number of nitrogens with zero attached hydrogens (tertiary/aromatic N) is 5. The molecule has 0 saturated carbocycles. The SMILES string of the molecule is CC#CCN1CCCC(c2nc(-c3ccc(Oc4cc(C(=O)O)ccn4)cc3Cl)n3c(N)nccc23)C1. The van der Waals surface area contributed by atoms with Crippen LogP contribution >= 0.6 is 11.6 Å². The van der Waals surface area contributed by atoms with Crippen molar-refractivity contribution in [3.63, 3.8) is 0 Å². The predicted molar refractivity (Wildman–Crippen MR) is 141 cm³/mol. The molecule has 0 aliphatic carbocycles. The molecular weight excluding hydrogens is 492 g/mol. The fraction of sp³-hybridized carbons (Fsp3) is 0.259. The molecule has 5 rings (SSSR count). The van der Waals surface area contributed by atoms with Gasteiger partial charge in [0.1, 0.15) is 11.6 Å². The van der Waals surface area contributed by atoms with Crippen LogP contribution in [0.5, 0.6) is 11.6 Å². The highest BCUT2D eigenvalue weighted by Gasteiger charge is 2.27. The standard InChI is InChI=1S/C27H25ClN6O3/c1-2-3-12-33-13-4-5-18(16-33)24-22-9-11-31-27(29)34(22)25(32-24)20-7-6-19(15-21(20)28)37-23-14-17(26(35)36)8-10-30-23/h6-11,14-15,18H,4-5,12-13,16H2,1H3,(H2,29,31)(H,35,36). The number of hydrogen-bond donors (Lipinski definition) is 2. The summed E-state index contributed by atoms with van der Waals surface area (Å²) in [7, 11) is 0. The number of carboxylic acids is 1. The first-order valence-electron chi connectivity index (χ1n) is 11.9. The van der Waals surface area contributed by atoms with Crippen molar-refractivity contribution in [1.29, 1.82) is 0 Å². The van der Waals surface area contributed by atoms with E-state index in [0.29, 0.717) is 28.1 Å². The van der Waals surface area contributed by atoms with Gasteiger partial charge >= 0.3 is 5.97 Å². The lowest BCUT2D eigenvalue weighted by molar-refractivity contribution is 0.0696.